The molecule has 0 saturated heterocycles. The summed E-state index contributed by atoms with van der Waals surface area (Å²) in [7, 11) is 0. The van der Waals surface area contributed by atoms with E-state index in [2.05, 4.69) is 33.4 Å². The molecule has 15 heavy (non-hydrogen) atoms. The molecule has 3 atom stereocenters. The molecule has 0 bridgehead atoms. The molecule has 0 amide bonds. The van der Waals surface area contributed by atoms with E-state index in [1.165, 1.54) is 37.7 Å². The monoisotopic (exact) mass is 204 g/mol. The minimum absolute atomic E-state index is 0.486. The van der Waals surface area contributed by atoms with Crippen LogP contribution in [0.3, 0.4) is 0 Å². The molecule has 1 fully saturated rings. The van der Waals surface area contributed by atoms with Crippen LogP contribution in [0.4, 0.5) is 0 Å². The molecule has 2 aliphatic carbocycles. The molecule has 1 saturated carbocycles. The average Bonchev–Trinajstić information content (AvgIpc) is 2.19. The highest BCUT2D eigenvalue weighted by Gasteiger charge is 2.41. The van der Waals surface area contributed by atoms with E-state index in [4.69, 9.17) is 0 Å². The quantitative estimate of drug-likeness (QED) is 0.542. The van der Waals surface area contributed by atoms with Crippen molar-refractivity contribution in [3.63, 3.8) is 0 Å². The Bertz CT molecular complexity index is 297. The van der Waals surface area contributed by atoms with Crippen LogP contribution in [0, 0.1) is 17.3 Å². The van der Waals surface area contributed by atoms with E-state index < -0.39 is 0 Å². The predicted molar refractivity (Wildman–Crippen MR) is 66.7 cm³/mol. The largest absolute Gasteiger partial charge is 0.0999 e. The fourth-order valence-corrected chi connectivity index (χ4v) is 3.46. The number of hydrogen-bond donors (Lipinski definition) is 0. The van der Waals surface area contributed by atoms with Crippen LogP contribution in [-0.4, -0.2) is 0 Å². The first kappa shape index (κ1) is 11.0. The summed E-state index contributed by atoms with van der Waals surface area (Å²) in [6, 6.07) is 0. The Labute approximate surface area is 94.5 Å². The lowest BCUT2D eigenvalue weighted by atomic mass is 9.58. The zero-order valence-corrected chi connectivity index (χ0v) is 10.5. The molecule has 2 aliphatic rings. The number of hydrogen-bond acceptors (Lipinski definition) is 0. The lowest BCUT2D eigenvalue weighted by Crippen LogP contribution is -2.36. The number of fused-ring (bicyclic) bond motifs is 1. The highest BCUT2D eigenvalue weighted by atomic mass is 14.5. The Hall–Kier alpha value is -0.520. The summed E-state index contributed by atoms with van der Waals surface area (Å²) in [5.74, 6) is 1.63. The van der Waals surface area contributed by atoms with Crippen molar-refractivity contribution in [3.8, 4) is 0 Å². The molecule has 0 aromatic heterocycles. The molecule has 0 N–H and O–H groups in total. The van der Waals surface area contributed by atoms with Crippen LogP contribution in [0.15, 0.2) is 23.8 Å². The molecule has 0 unspecified atom stereocenters. The van der Waals surface area contributed by atoms with Crippen LogP contribution >= 0.6 is 0 Å². The molecule has 0 aromatic carbocycles. The van der Waals surface area contributed by atoms with Gasteiger partial charge >= 0.3 is 0 Å². The van der Waals surface area contributed by atoms with Crippen LogP contribution < -0.4 is 0 Å². The standard InChI is InChI=1S/C15H24/c1-11(2)13-8-9-14-7-5-6-12(3)15(14,4)10-13/h7,12-13H,1,5-6,8-10H2,2-4H3/t12-,13-,15-/m1/s1. The Kier molecular flexibility index (Phi) is 2.79. The highest BCUT2D eigenvalue weighted by molar-refractivity contribution is 5.23. The summed E-state index contributed by atoms with van der Waals surface area (Å²) in [6.45, 7) is 11.3. The maximum absolute atomic E-state index is 4.15. The zero-order chi connectivity index (χ0) is 11.1. The van der Waals surface area contributed by atoms with Gasteiger partial charge < -0.3 is 0 Å². The Morgan fingerprint density at radius 1 is 1.47 bits per heavy atom. The molecule has 0 heterocycles. The van der Waals surface area contributed by atoms with Crippen molar-refractivity contribution in [1.29, 1.82) is 0 Å². The second-order valence-corrected chi connectivity index (χ2v) is 5.91. The minimum Gasteiger partial charge on any atom is -0.0999 e. The van der Waals surface area contributed by atoms with Crippen molar-refractivity contribution < 1.29 is 0 Å². The maximum atomic E-state index is 4.15. The summed E-state index contributed by atoms with van der Waals surface area (Å²) >= 11 is 0. The average molecular weight is 204 g/mol. The lowest BCUT2D eigenvalue weighted by molar-refractivity contribution is 0.151. The lowest BCUT2D eigenvalue weighted by Gasteiger charge is -2.47. The van der Waals surface area contributed by atoms with E-state index in [0.717, 1.165) is 11.8 Å². The molecule has 84 valence electrons. The van der Waals surface area contributed by atoms with Gasteiger partial charge in [0.2, 0.25) is 0 Å². The fourth-order valence-electron chi connectivity index (χ4n) is 3.46. The molecule has 0 aliphatic heterocycles. The molecule has 0 heteroatoms. The van der Waals surface area contributed by atoms with Crippen molar-refractivity contribution in [2.75, 3.05) is 0 Å². The maximum Gasteiger partial charge on any atom is -0.00850 e. The van der Waals surface area contributed by atoms with Crippen LogP contribution in [-0.2, 0) is 0 Å². The van der Waals surface area contributed by atoms with Gasteiger partial charge in [0.05, 0.1) is 0 Å². The van der Waals surface area contributed by atoms with Gasteiger partial charge in [-0.2, -0.15) is 0 Å². The zero-order valence-electron chi connectivity index (χ0n) is 10.5. The van der Waals surface area contributed by atoms with Crippen LogP contribution in [0.5, 0.6) is 0 Å². The molecule has 0 aromatic rings. The third-order valence-electron chi connectivity index (χ3n) is 4.94. The normalized spacial score (nSPS) is 40.6. The Morgan fingerprint density at radius 2 is 2.20 bits per heavy atom. The summed E-state index contributed by atoms with van der Waals surface area (Å²) in [5, 5.41) is 0. The highest BCUT2D eigenvalue weighted by Crippen LogP contribution is 2.53. The molecular formula is C15H24. The second kappa shape index (κ2) is 3.81. The first-order chi connectivity index (χ1) is 7.04. The summed E-state index contributed by atoms with van der Waals surface area (Å²) in [4.78, 5) is 0. The van der Waals surface area contributed by atoms with Gasteiger partial charge in [0, 0.05) is 0 Å². The van der Waals surface area contributed by atoms with E-state index in [-0.39, 0.29) is 0 Å². The molecule has 2 rings (SSSR count). The summed E-state index contributed by atoms with van der Waals surface area (Å²) in [5.41, 5.74) is 3.63. The van der Waals surface area contributed by atoms with E-state index in [0.29, 0.717) is 5.41 Å². The van der Waals surface area contributed by atoms with Gasteiger partial charge in [-0.25, -0.2) is 0 Å². The third kappa shape index (κ3) is 1.79. The van der Waals surface area contributed by atoms with Crippen molar-refractivity contribution in [2.24, 2.45) is 17.3 Å². The number of allylic oxidation sites excluding steroid dienone is 3. The van der Waals surface area contributed by atoms with Crippen molar-refractivity contribution >= 4 is 0 Å². The minimum atomic E-state index is 0.486. The van der Waals surface area contributed by atoms with E-state index in [1.807, 2.05) is 0 Å². The summed E-state index contributed by atoms with van der Waals surface area (Å²) < 4.78 is 0. The Balaban J connectivity index is 2.24. The van der Waals surface area contributed by atoms with E-state index in [9.17, 15) is 0 Å². The van der Waals surface area contributed by atoms with Gasteiger partial charge in [-0.1, -0.05) is 37.6 Å². The van der Waals surface area contributed by atoms with Gasteiger partial charge in [0.15, 0.2) is 0 Å². The van der Waals surface area contributed by atoms with Crippen LogP contribution in [0.2, 0.25) is 0 Å². The predicted octanol–water partition coefficient (Wildman–Crippen LogP) is 4.73. The SMILES string of the molecule is C=C(C)[C@@H]1CCC2=CCC[C@@H](C)[C@@]2(C)C1. The number of rotatable bonds is 1. The molecular weight excluding hydrogens is 180 g/mol. The summed E-state index contributed by atoms with van der Waals surface area (Å²) in [6.07, 6.45) is 9.21. The van der Waals surface area contributed by atoms with Crippen LogP contribution in [0.25, 0.3) is 0 Å². The molecule has 0 radical (unpaired) electrons. The van der Waals surface area contributed by atoms with Crippen molar-refractivity contribution in [3.05, 3.63) is 23.8 Å². The topological polar surface area (TPSA) is 0 Å². The first-order valence-corrected chi connectivity index (χ1v) is 6.39. The molecule has 0 spiro atoms. The van der Waals surface area contributed by atoms with Gasteiger partial charge in [-0.15, -0.1) is 0 Å². The first-order valence-electron chi connectivity index (χ1n) is 6.39. The van der Waals surface area contributed by atoms with E-state index >= 15 is 0 Å². The Morgan fingerprint density at radius 3 is 2.87 bits per heavy atom. The van der Waals surface area contributed by atoms with Crippen molar-refractivity contribution in [2.45, 2.75) is 52.9 Å². The van der Waals surface area contributed by atoms with Crippen molar-refractivity contribution in [1.82, 2.24) is 0 Å². The van der Waals surface area contributed by atoms with Gasteiger partial charge in [-0.05, 0) is 56.3 Å². The van der Waals surface area contributed by atoms with Gasteiger partial charge in [0.1, 0.15) is 0 Å². The smallest absolute Gasteiger partial charge is 0.00850 e. The van der Waals surface area contributed by atoms with Gasteiger partial charge in [-0.3, -0.25) is 0 Å². The van der Waals surface area contributed by atoms with Gasteiger partial charge in [0.25, 0.3) is 0 Å². The molecule has 0 nitrogen and oxygen atoms in total. The fraction of sp³-hybridized carbons (Fsp3) is 0.733. The van der Waals surface area contributed by atoms with E-state index in [1.54, 1.807) is 5.57 Å². The second-order valence-electron chi connectivity index (χ2n) is 5.91. The van der Waals surface area contributed by atoms with Crippen LogP contribution in [0.1, 0.15) is 52.9 Å². The third-order valence-corrected chi connectivity index (χ3v) is 4.94.